The minimum atomic E-state index is 0.675. The number of aryl methyl sites for hydroxylation is 1. The highest BCUT2D eigenvalue weighted by molar-refractivity contribution is 9.10. The van der Waals surface area contributed by atoms with E-state index in [1.165, 1.54) is 19.3 Å². The number of nitrogens with zero attached hydrogens (tertiary/aromatic N) is 3. The van der Waals surface area contributed by atoms with Crippen molar-refractivity contribution in [3.8, 4) is 5.75 Å². The van der Waals surface area contributed by atoms with Gasteiger partial charge in [0.2, 0.25) is 0 Å². The number of fused-ring (bicyclic) bond motifs is 1. The SMILES string of the molecule is Brc1ccc(OCCSc2nnc3n2CCCCC3)cc1. The second-order valence-corrected chi connectivity index (χ2v) is 6.99. The molecule has 6 heteroatoms. The average molecular weight is 368 g/mol. The number of aromatic nitrogens is 3. The van der Waals surface area contributed by atoms with Gasteiger partial charge in [0.25, 0.3) is 0 Å². The summed E-state index contributed by atoms with van der Waals surface area (Å²) in [6.07, 6.45) is 4.81. The molecule has 0 fully saturated rings. The van der Waals surface area contributed by atoms with Crippen LogP contribution in [0.5, 0.6) is 5.75 Å². The Morgan fingerprint density at radius 1 is 1.14 bits per heavy atom. The van der Waals surface area contributed by atoms with Crippen molar-refractivity contribution in [1.82, 2.24) is 14.8 Å². The highest BCUT2D eigenvalue weighted by Crippen LogP contribution is 2.22. The molecule has 0 bridgehead atoms. The molecular weight excluding hydrogens is 350 g/mol. The molecule has 1 aliphatic heterocycles. The smallest absolute Gasteiger partial charge is 0.191 e. The Labute approximate surface area is 137 Å². The van der Waals surface area contributed by atoms with Crippen molar-refractivity contribution in [2.45, 2.75) is 37.4 Å². The Balaban J connectivity index is 1.49. The van der Waals surface area contributed by atoms with E-state index in [2.05, 4.69) is 30.7 Å². The van der Waals surface area contributed by atoms with Gasteiger partial charge in [-0.15, -0.1) is 10.2 Å². The zero-order chi connectivity index (χ0) is 14.5. The molecule has 1 aliphatic rings. The van der Waals surface area contributed by atoms with Gasteiger partial charge in [-0.05, 0) is 37.1 Å². The van der Waals surface area contributed by atoms with Crippen LogP contribution in [0, 0.1) is 0 Å². The van der Waals surface area contributed by atoms with Crippen LogP contribution in [0.1, 0.15) is 25.1 Å². The number of thioether (sulfide) groups is 1. The highest BCUT2D eigenvalue weighted by Gasteiger charge is 2.14. The Hall–Kier alpha value is -1.01. The summed E-state index contributed by atoms with van der Waals surface area (Å²) in [7, 11) is 0. The molecule has 0 unspecified atom stereocenters. The molecular formula is C15H18BrN3OS. The van der Waals surface area contributed by atoms with Crippen molar-refractivity contribution < 1.29 is 4.74 Å². The Kier molecular flexibility index (Phi) is 5.19. The van der Waals surface area contributed by atoms with Gasteiger partial charge < -0.3 is 9.30 Å². The quantitative estimate of drug-likeness (QED) is 0.592. The lowest BCUT2D eigenvalue weighted by Gasteiger charge is -2.07. The monoisotopic (exact) mass is 367 g/mol. The molecule has 0 radical (unpaired) electrons. The minimum Gasteiger partial charge on any atom is -0.493 e. The zero-order valence-electron chi connectivity index (χ0n) is 11.8. The third kappa shape index (κ3) is 4.01. The van der Waals surface area contributed by atoms with Crippen LogP contribution < -0.4 is 4.74 Å². The first-order valence-electron chi connectivity index (χ1n) is 7.26. The summed E-state index contributed by atoms with van der Waals surface area (Å²) in [4.78, 5) is 0. The molecule has 0 aliphatic carbocycles. The molecule has 1 aromatic carbocycles. The van der Waals surface area contributed by atoms with E-state index in [-0.39, 0.29) is 0 Å². The second-order valence-electron chi connectivity index (χ2n) is 5.01. The van der Waals surface area contributed by atoms with Gasteiger partial charge in [0.05, 0.1) is 6.61 Å². The topological polar surface area (TPSA) is 39.9 Å². The van der Waals surface area contributed by atoms with Crippen LogP contribution in [-0.4, -0.2) is 27.1 Å². The van der Waals surface area contributed by atoms with Gasteiger partial charge in [-0.2, -0.15) is 0 Å². The fraction of sp³-hybridized carbons (Fsp3) is 0.467. The third-order valence-corrected chi connectivity index (χ3v) is 4.93. The molecule has 0 atom stereocenters. The van der Waals surface area contributed by atoms with Gasteiger partial charge in [0.1, 0.15) is 11.6 Å². The minimum absolute atomic E-state index is 0.675. The Bertz CT molecular complexity index is 585. The van der Waals surface area contributed by atoms with Crippen molar-refractivity contribution >= 4 is 27.7 Å². The fourth-order valence-electron chi connectivity index (χ4n) is 2.39. The van der Waals surface area contributed by atoms with Crippen LogP contribution in [-0.2, 0) is 13.0 Å². The van der Waals surface area contributed by atoms with E-state index in [9.17, 15) is 0 Å². The van der Waals surface area contributed by atoms with Crippen LogP contribution in [0.15, 0.2) is 33.9 Å². The van der Waals surface area contributed by atoms with Crippen molar-refractivity contribution in [1.29, 1.82) is 0 Å². The number of ether oxygens (including phenoxy) is 1. The summed E-state index contributed by atoms with van der Waals surface area (Å²) in [5.74, 6) is 2.93. The first kappa shape index (κ1) is 14.9. The predicted octanol–water partition coefficient (Wildman–Crippen LogP) is 3.94. The lowest BCUT2D eigenvalue weighted by molar-refractivity contribution is 0.343. The predicted molar refractivity (Wildman–Crippen MR) is 87.9 cm³/mol. The summed E-state index contributed by atoms with van der Waals surface area (Å²) in [6.45, 7) is 1.73. The molecule has 3 rings (SSSR count). The third-order valence-electron chi connectivity index (χ3n) is 3.47. The maximum Gasteiger partial charge on any atom is 0.191 e. The molecule has 2 heterocycles. The van der Waals surface area contributed by atoms with Crippen molar-refractivity contribution in [3.05, 3.63) is 34.6 Å². The Morgan fingerprint density at radius 2 is 2.00 bits per heavy atom. The van der Waals surface area contributed by atoms with Gasteiger partial charge >= 0.3 is 0 Å². The van der Waals surface area contributed by atoms with Gasteiger partial charge in [-0.25, -0.2) is 0 Å². The van der Waals surface area contributed by atoms with Crippen molar-refractivity contribution in [2.75, 3.05) is 12.4 Å². The van der Waals surface area contributed by atoms with E-state index in [0.717, 1.165) is 39.9 Å². The van der Waals surface area contributed by atoms with E-state index < -0.39 is 0 Å². The van der Waals surface area contributed by atoms with Gasteiger partial charge in [-0.3, -0.25) is 0 Å². The number of rotatable bonds is 5. The molecule has 0 saturated heterocycles. The molecule has 0 spiro atoms. The van der Waals surface area contributed by atoms with Gasteiger partial charge in [-0.1, -0.05) is 34.1 Å². The summed E-state index contributed by atoms with van der Waals surface area (Å²) < 4.78 is 9.07. The molecule has 4 nitrogen and oxygen atoms in total. The van der Waals surface area contributed by atoms with Crippen LogP contribution in [0.2, 0.25) is 0 Å². The fourth-order valence-corrected chi connectivity index (χ4v) is 3.45. The first-order chi connectivity index (χ1) is 10.3. The van der Waals surface area contributed by atoms with Crippen LogP contribution in [0.4, 0.5) is 0 Å². The van der Waals surface area contributed by atoms with Gasteiger partial charge in [0, 0.05) is 23.2 Å². The molecule has 2 aromatic rings. The van der Waals surface area contributed by atoms with E-state index in [1.54, 1.807) is 11.8 Å². The van der Waals surface area contributed by atoms with Crippen LogP contribution in [0.25, 0.3) is 0 Å². The number of benzene rings is 1. The number of hydrogen-bond donors (Lipinski definition) is 0. The summed E-state index contributed by atoms with van der Waals surface area (Å²) in [5, 5.41) is 9.65. The number of hydrogen-bond acceptors (Lipinski definition) is 4. The zero-order valence-corrected chi connectivity index (χ0v) is 14.2. The van der Waals surface area contributed by atoms with E-state index in [1.807, 2.05) is 24.3 Å². The van der Waals surface area contributed by atoms with Crippen LogP contribution >= 0.6 is 27.7 Å². The lowest BCUT2D eigenvalue weighted by atomic mass is 10.2. The van der Waals surface area contributed by atoms with Crippen LogP contribution in [0.3, 0.4) is 0 Å². The lowest BCUT2D eigenvalue weighted by Crippen LogP contribution is -2.05. The van der Waals surface area contributed by atoms with Gasteiger partial charge in [0.15, 0.2) is 5.16 Å². The standard InChI is InChI=1S/C15H18BrN3OS/c16-12-5-7-13(8-6-12)20-10-11-21-15-18-17-14-4-2-1-3-9-19(14)15/h5-8H,1-4,9-11H2. The molecule has 112 valence electrons. The van der Waals surface area contributed by atoms with E-state index >= 15 is 0 Å². The highest BCUT2D eigenvalue weighted by atomic mass is 79.9. The van der Waals surface area contributed by atoms with Crippen molar-refractivity contribution in [3.63, 3.8) is 0 Å². The summed E-state index contributed by atoms with van der Waals surface area (Å²) in [6, 6.07) is 7.91. The summed E-state index contributed by atoms with van der Waals surface area (Å²) >= 11 is 5.15. The number of halogens is 1. The normalized spacial score (nSPS) is 14.5. The molecule has 0 saturated carbocycles. The molecule has 21 heavy (non-hydrogen) atoms. The average Bonchev–Trinajstić information content (AvgIpc) is 2.73. The largest absolute Gasteiger partial charge is 0.493 e. The summed E-state index contributed by atoms with van der Waals surface area (Å²) in [5.41, 5.74) is 0. The first-order valence-corrected chi connectivity index (χ1v) is 9.04. The van der Waals surface area contributed by atoms with Crippen molar-refractivity contribution in [2.24, 2.45) is 0 Å². The second kappa shape index (κ2) is 7.31. The maximum atomic E-state index is 5.73. The molecule has 1 aromatic heterocycles. The molecule has 0 N–H and O–H groups in total. The maximum absolute atomic E-state index is 5.73. The van der Waals surface area contributed by atoms with E-state index in [0.29, 0.717) is 6.61 Å². The van der Waals surface area contributed by atoms with E-state index in [4.69, 9.17) is 4.74 Å². The Morgan fingerprint density at radius 3 is 2.86 bits per heavy atom. The molecule has 0 amide bonds.